The first-order valence-electron chi connectivity index (χ1n) is 7.05. The van der Waals surface area contributed by atoms with Gasteiger partial charge in [0.2, 0.25) is 5.88 Å². The largest absolute Gasteiger partial charge is 0.494 e. The summed E-state index contributed by atoms with van der Waals surface area (Å²) in [5, 5.41) is 2.47. The highest BCUT2D eigenvalue weighted by atomic mass is 19.4. The standard InChI is InChI=1S/C16H14F4N2O3/c1-24-13-5-4-10(7-12(13)17)14(23)22-8-11-3-2-6-21-15(11)25-9-16(18,19)20/h2-7H,8-9H2,1H3,(H,22,23). The molecule has 0 aliphatic heterocycles. The molecule has 1 N–H and O–H groups in total. The van der Waals surface area contributed by atoms with Crippen molar-refractivity contribution in [1.82, 2.24) is 10.3 Å². The smallest absolute Gasteiger partial charge is 0.422 e. The lowest BCUT2D eigenvalue weighted by molar-refractivity contribution is -0.154. The summed E-state index contributed by atoms with van der Waals surface area (Å²) in [6.07, 6.45) is -3.23. The monoisotopic (exact) mass is 358 g/mol. The summed E-state index contributed by atoms with van der Waals surface area (Å²) < 4.78 is 59.7. The summed E-state index contributed by atoms with van der Waals surface area (Å²) >= 11 is 0. The molecule has 1 aromatic carbocycles. The van der Waals surface area contributed by atoms with E-state index < -0.39 is 24.5 Å². The van der Waals surface area contributed by atoms with Crippen molar-refractivity contribution in [3.63, 3.8) is 0 Å². The molecule has 5 nitrogen and oxygen atoms in total. The van der Waals surface area contributed by atoms with E-state index in [4.69, 9.17) is 4.74 Å². The summed E-state index contributed by atoms with van der Waals surface area (Å²) in [6, 6.07) is 6.62. The highest BCUT2D eigenvalue weighted by Gasteiger charge is 2.29. The number of methoxy groups -OCH3 is 1. The van der Waals surface area contributed by atoms with E-state index in [1.165, 1.54) is 37.6 Å². The SMILES string of the molecule is COc1ccc(C(=O)NCc2cccnc2OCC(F)(F)F)cc1F. The van der Waals surface area contributed by atoms with Crippen molar-refractivity contribution >= 4 is 5.91 Å². The van der Waals surface area contributed by atoms with Crippen LogP contribution in [0.3, 0.4) is 0 Å². The van der Waals surface area contributed by atoms with Gasteiger partial charge in [0.15, 0.2) is 18.2 Å². The topological polar surface area (TPSA) is 60.5 Å². The van der Waals surface area contributed by atoms with Crippen LogP contribution >= 0.6 is 0 Å². The van der Waals surface area contributed by atoms with Gasteiger partial charge in [0.25, 0.3) is 5.91 Å². The summed E-state index contributed by atoms with van der Waals surface area (Å²) in [6.45, 7) is -1.62. The normalized spacial score (nSPS) is 11.1. The van der Waals surface area contributed by atoms with Crippen LogP contribution in [0, 0.1) is 5.82 Å². The Balaban J connectivity index is 2.03. The molecule has 0 bridgehead atoms. The molecule has 1 aromatic heterocycles. The second kappa shape index (κ2) is 7.82. The zero-order valence-corrected chi connectivity index (χ0v) is 13.1. The highest BCUT2D eigenvalue weighted by Crippen LogP contribution is 2.20. The Labute approximate surface area is 140 Å². The molecule has 0 saturated heterocycles. The molecule has 0 unspecified atom stereocenters. The van der Waals surface area contributed by atoms with Crippen molar-refractivity contribution < 1.29 is 31.8 Å². The van der Waals surface area contributed by atoms with Crippen LogP contribution in [0.1, 0.15) is 15.9 Å². The molecule has 0 aliphatic carbocycles. The minimum atomic E-state index is -4.50. The molecule has 1 heterocycles. The van der Waals surface area contributed by atoms with Crippen LogP contribution in [0.15, 0.2) is 36.5 Å². The molecule has 2 rings (SSSR count). The van der Waals surface area contributed by atoms with E-state index in [1.54, 1.807) is 0 Å². The van der Waals surface area contributed by atoms with Crippen LogP contribution in [-0.2, 0) is 6.54 Å². The van der Waals surface area contributed by atoms with Crippen molar-refractivity contribution in [2.75, 3.05) is 13.7 Å². The number of hydrogen-bond donors (Lipinski definition) is 1. The predicted molar refractivity (Wildman–Crippen MR) is 79.9 cm³/mol. The van der Waals surface area contributed by atoms with Gasteiger partial charge in [-0.3, -0.25) is 4.79 Å². The fraction of sp³-hybridized carbons (Fsp3) is 0.250. The second-order valence-corrected chi connectivity index (χ2v) is 4.90. The molecule has 0 atom stereocenters. The van der Waals surface area contributed by atoms with Crippen LogP contribution in [-0.4, -0.2) is 30.8 Å². The second-order valence-electron chi connectivity index (χ2n) is 4.90. The Hall–Kier alpha value is -2.84. The summed E-state index contributed by atoms with van der Waals surface area (Å²) in [7, 11) is 1.29. The average Bonchev–Trinajstić information content (AvgIpc) is 2.57. The van der Waals surface area contributed by atoms with Gasteiger partial charge in [0.05, 0.1) is 7.11 Å². The summed E-state index contributed by atoms with van der Waals surface area (Å²) in [4.78, 5) is 15.8. The number of aromatic nitrogens is 1. The van der Waals surface area contributed by atoms with E-state index in [0.29, 0.717) is 0 Å². The van der Waals surface area contributed by atoms with Crippen LogP contribution in [0.2, 0.25) is 0 Å². The highest BCUT2D eigenvalue weighted by molar-refractivity contribution is 5.94. The minimum Gasteiger partial charge on any atom is -0.494 e. The van der Waals surface area contributed by atoms with E-state index in [0.717, 1.165) is 6.07 Å². The zero-order valence-electron chi connectivity index (χ0n) is 13.1. The van der Waals surface area contributed by atoms with Gasteiger partial charge in [-0.1, -0.05) is 6.07 Å². The molecule has 0 radical (unpaired) electrons. The third kappa shape index (κ3) is 5.33. The van der Waals surface area contributed by atoms with E-state index in [-0.39, 0.29) is 29.3 Å². The Bertz CT molecular complexity index is 750. The number of nitrogens with one attached hydrogen (secondary N) is 1. The van der Waals surface area contributed by atoms with Gasteiger partial charge in [0, 0.05) is 23.9 Å². The fourth-order valence-electron chi connectivity index (χ4n) is 1.92. The molecular formula is C16H14F4N2O3. The van der Waals surface area contributed by atoms with Gasteiger partial charge >= 0.3 is 6.18 Å². The Morgan fingerprint density at radius 1 is 1.28 bits per heavy atom. The van der Waals surface area contributed by atoms with Gasteiger partial charge in [-0.2, -0.15) is 13.2 Å². The lowest BCUT2D eigenvalue weighted by Crippen LogP contribution is -2.24. The van der Waals surface area contributed by atoms with Crippen LogP contribution in [0.25, 0.3) is 0 Å². The van der Waals surface area contributed by atoms with Crippen LogP contribution in [0.4, 0.5) is 17.6 Å². The minimum absolute atomic E-state index is 0.00773. The van der Waals surface area contributed by atoms with Crippen molar-refractivity contribution in [2.24, 2.45) is 0 Å². The van der Waals surface area contributed by atoms with Gasteiger partial charge in [-0.25, -0.2) is 9.37 Å². The number of hydrogen-bond acceptors (Lipinski definition) is 4. The maximum absolute atomic E-state index is 13.6. The number of ether oxygens (including phenoxy) is 2. The number of pyridine rings is 1. The number of rotatable bonds is 6. The first-order chi connectivity index (χ1) is 11.8. The number of benzene rings is 1. The molecule has 0 spiro atoms. The number of amides is 1. The third-order valence-corrected chi connectivity index (χ3v) is 3.08. The van der Waals surface area contributed by atoms with E-state index >= 15 is 0 Å². The zero-order chi connectivity index (χ0) is 18.4. The van der Waals surface area contributed by atoms with Crippen molar-refractivity contribution in [2.45, 2.75) is 12.7 Å². The van der Waals surface area contributed by atoms with E-state index in [9.17, 15) is 22.4 Å². The Kier molecular flexibility index (Phi) is 5.79. The number of halogens is 4. The maximum atomic E-state index is 13.6. The van der Waals surface area contributed by atoms with Gasteiger partial charge in [-0.15, -0.1) is 0 Å². The molecule has 9 heteroatoms. The lowest BCUT2D eigenvalue weighted by atomic mass is 10.2. The van der Waals surface area contributed by atoms with Crippen molar-refractivity contribution in [1.29, 1.82) is 0 Å². The first kappa shape index (κ1) is 18.5. The van der Waals surface area contributed by atoms with Crippen molar-refractivity contribution in [3.05, 3.63) is 53.5 Å². The molecule has 25 heavy (non-hydrogen) atoms. The van der Waals surface area contributed by atoms with E-state index in [2.05, 4.69) is 15.0 Å². The molecule has 0 aliphatic rings. The predicted octanol–water partition coefficient (Wildman–Crippen LogP) is 3.10. The van der Waals surface area contributed by atoms with E-state index in [1.807, 2.05) is 0 Å². The summed E-state index contributed by atoms with van der Waals surface area (Å²) in [5.41, 5.74) is 0.300. The molecule has 2 aromatic rings. The number of nitrogens with zero attached hydrogens (tertiary/aromatic N) is 1. The third-order valence-electron chi connectivity index (χ3n) is 3.08. The first-order valence-corrected chi connectivity index (χ1v) is 7.05. The number of carbonyl (C=O) groups is 1. The Morgan fingerprint density at radius 3 is 2.68 bits per heavy atom. The maximum Gasteiger partial charge on any atom is 0.422 e. The quantitative estimate of drug-likeness (QED) is 0.806. The van der Waals surface area contributed by atoms with Gasteiger partial charge in [0.1, 0.15) is 0 Å². The van der Waals surface area contributed by atoms with Gasteiger partial charge < -0.3 is 14.8 Å². The number of carbonyl (C=O) groups excluding carboxylic acids is 1. The average molecular weight is 358 g/mol. The fourth-order valence-corrected chi connectivity index (χ4v) is 1.92. The molecule has 0 saturated carbocycles. The molecule has 1 amide bonds. The van der Waals surface area contributed by atoms with Gasteiger partial charge in [-0.05, 0) is 24.3 Å². The Morgan fingerprint density at radius 2 is 2.04 bits per heavy atom. The molecule has 134 valence electrons. The van der Waals surface area contributed by atoms with Crippen LogP contribution < -0.4 is 14.8 Å². The molecular weight excluding hydrogens is 344 g/mol. The number of alkyl halides is 3. The lowest BCUT2D eigenvalue weighted by Gasteiger charge is -2.12. The molecule has 0 fully saturated rings. The van der Waals surface area contributed by atoms with Crippen LogP contribution in [0.5, 0.6) is 11.6 Å². The van der Waals surface area contributed by atoms with Crippen molar-refractivity contribution in [3.8, 4) is 11.6 Å². The summed E-state index contributed by atoms with van der Waals surface area (Å²) in [5.74, 6) is -1.55.